The summed E-state index contributed by atoms with van der Waals surface area (Å²) in [6.07, 6.45) is -3.51. The molecule has 2 aliphatic heterocycles. The van der Waals surface area contributed by atoms with E-state index in [2.05, 4.69) is 10.5 Å². The molecular formula is C27H35N3O10. The van der Waals surface area contributed by atoms with Gasteiger partial charge >= 0.3 is 17.9 Å². The van der Waals surface area contributed by atoms with E-state index >= 15 is 0 Å². The molecule has 0 bridgehead atoms. The third kappa shape index (κ3) is 7.34. The van der Waals surface area contributed by atoms with Crippen LogP contribution in [0.1, 0.15) is 58.6 Å². The number of nitrogens with zero attached hydrogens (tertiary/aromatic N) is 2. The van der Waals surface area contributed by atoms with E-state index < -0.39 is 54.5 Å². The van der Waals surface area contributed by atoms with Crippen molar-refractivity contribution in [2.24, 2.45) is 5.16 Å². The lowest BCUT2D eigenvalue weighted by molar-refractivity contribution is -0.278. The summed E-state index contributed by atoms with van der Waals surface area (Å²) in [6, 6.07) is 4.34. The molecule has 13 heteroatoms. The number of oxime groups is 1. The van der Waals surface area contributed by atoms with Gasteiger partial charge in [-0.05, 0) is 25.5 Å². The number of aryl methyl sites for hydroxylation is 1. The molecule has 0 unspecified atom stereocenters. The van der Waals surface area contributed by atoms with Gasteiger partial charge in [-0.15, -0.1) is 0 Å². The average molecular weight is 562 g/mol. The number of carbonyl (C=O) groups is 5. The lowest BCUT2D eigenvalue weighted by Crippen LogP contribution is -2.66. The Labute approximate surface area is 232 Å². The number of rotatable bonds is 10. The van der Waals surface area contributed by atoms with Crippen LogP contribution in [-0.4, -0.2) is 79.2 Å². The Morgan fingerprint density at radius 2 is 1.70 bits per heavy atom. The summed E-state index contributed by atoms with van der Waals surface area (Å²) >= 11 is 0. The number of hydrogen-bond acceptors (Lipinski definition) is 11. The van der Waals surface area contributed by atoms with E-state index in [1.54, 1.807) is 4.90 Å². The van der Waals surface area contributed by atoms with Gasteiger partial charge in [0.05, 0.1) is 5.69 Å². The zero-order valence-electron chi connectivity index (χ0n) is 23.4. The monoisotopic (exact) mass is 561 g/mol. The summed E-state index contributed by atoms with van der Waals surface area (Å²) in [5.41, 5.74) is 2.19. The summed E-state index contributed by atoms with van der Waals surface area (Å²) < 4.78 is 21.9. The zero-order chi connectivity index (χ0) is 29.6. The number of carbonyl (C=O) groups excluding carboxylic acids is 5. The number of unbranched alkanes of at least 4 members (excludes halogenated alkanes) is 1. The minimum atomic E-state index is -1.43. The first kappa shape index (κ1) is 30.5. The highest BCUT2D eigenvalue weighted by molar-refractivity contribution is 6.54. The van der Waals surface area contributed by atoms with Gasteiger partial charge in [0, 0.05) is 39.8 Å². The van der Waals surface area contributed by atoms with Crippen LogP contribution in [0.2, 0.25) is 0 Å². The van der Waals surface area contributed by atoms with Crippen molar-refractivity contribution in [3.05, 3.63) is 29.3 Å². The normalized spacial score (nSPS) is 24.8. The van der Waals surface area contributed by atoms with Crippen molar-refractivity contribution in [3.8, 4) is 0 Å². The first-order chi connectivity index (χ1) is 18.9. The van der Waals surface area contributed by atoms with Crippen LogP contribution in [-0.2, 0) is 47.8 Å². The second kappa shape index (κ2) is 13.4. The molecule has 218 valence electrons. The molecule has 0 saturated carbocycles. The summed E-state index contributed by atoms with van der Waals surface area (Å²) in [5, 5.41) is 6.75. The van der Waals surface area contributed by atoms with Crippen molar-refractivity contribution in [2.75, 3.05) is 18.1 Å². The molecule has 1 saturated heterocycles. The summed E-state index contributed by atoms with van der Waals surface area (Å²) in [5.74, 6) is -3.00. The lowest BCUT2D eigenvalue weighted by Gasteiger charge is -2.43. The van der Waals surface area contributed by atoms with Gasteiger partial charge in [0.25, 0.3) is 12.2 Å². The van der Waals surface area contributed by atoms with Gasteiger partial charge < -0.3 is 34.0 Å². The van der Waals surface area contributed by atoms with Crippen LogP contribution in [0.25, 0.3) is 0 Å². The molecule has 2 amide bonds. The van der Waals surface area contributed by atoms with Crippen molar-refractivity contribution >= 4 is 41.1 Å². The molecule has 1 fully saturated rings. The number of hydrogen-bond donors (Lipinski definition) is 1. The number of esters is 3. The summed E-state index contributed by atoms with van der Waals surface area (Å²) in [6.45, 7) is 8.70. The van der Waals surface area contributed by atoms with Gasteiger partial charge in [-0.25, -0.2) is 0 Å². The van der Waals surface area contributed by atoms with Gasteiger partial charge in [0.15, 0.2) is 17.9 Å². The highest BCUT2D eigenvalue weighted by Gasteiger charge is 2.52. The molecule has 1 aromatic carbocycles. The van der Waals surface area contributed by atoms with E-state index in [-0.39, 0.29) is 18.2 Å². The summed E-state index contributed by atoms with van der Waals surface area (Å²) in [7, 11) is 0. The van der Waals surface area contributed by atoms with Gasteiger partial charge in [-0.1, -0.05) is 30.1 Å². The SMILES string of the molecule is CCCCN1C(=O)/C(=N/O[C@@H]2O[C@@H](COC(C)=O)[C@@H](OC(C)=O)[C@@H](OC(C)=O)[C@@H]2NC(C)=O)c2cc(C)ccc21. The van der Waals surface area contributed by atoms with Gasteiger partial charge in [-0.3, -0.25) is 24.0 Å². The van der Waals surface area contributed by atoms with Crippen molar-refractivity contribution in [1.82, 2.24) is 5.32 Å². The summed E-state index contributed by atoms with van der Waals surface area (Å²) in [4.78, 5) is 68.3. The lowest BCUT2D eigenvalue weighted by atomic mass is 9.96. The van der Waals surface area contributed by atoms with E-state index in [4.69, 9.17) is 23.8 Å². The maximum Gasteiger partial charge on any atom is 0.303 e. The van der Waals surface area contributed by atoms with Crippen molar-refractivity contribution in [2.45, 2.75) is 85.0 Å². The fourth-order valence-corrected chi connectivity index (χ4v) is 4.54. The number of fused-ring (bicyclic) bond motifs is 1. The minimum Gasteiger partial charge on any atom is -0.463 e. The smallest absolute Gasteiger partial charge is 0.303 e. The zero-order valence-corrected chi connectivity index (χ0v) is 23.4. The molecule has 3 rings (SSSR count). The highest BCUT2D eigenvalue weighted by atomic mass is 16.8. The van der Waals surface area contributed by atoms with Gasteiger partial charge in [-0.2, -0.15) is 0 Å². The van der Waals surface area contributed by atoms with Crippen molar-refractivity contribution in [3.63, 3.8) is 0 Å². The number of amides is 2. The number of benzene rings is 1. The Balaban J connectivity index is 2.02. The molecular weight excluding hydrogens is 526 g/mol. The van der Waals surface area contributed by atoms with Crippen LogP contribution in [0, 0.1) is 6.92 Å². The Morgan fingerprint density at radius 1 is 1.02 bits per heavy atom. The third-order valence-corrected chi connectivity index (χ3v) is 6.20. The van der Waals surface area contributed by atoms with Crippen molar-refractivity contribution < 1.29 is 47.8 Å². The molecule has 1 aromatic rings. The molecule has 40 heavy (non-hydrogen) atoms. The van der Waals surface area contributed by atoms with Crippen molar-refractivity contribution in [1.29, 1.82) is 0 Å². The molecule has 5 atom stereocenters. The second-order valence-electron chi connectivity index (χ2n) is 9.60. The Morgan fingerprint density at radius 3 is 2.30 bits per heavy atom. The van der Waals surface area contributed by atoms with Crippen LogP contribution >= 0.6 is 0 Å². The predicted molar refractivity (Wildman–Crippen MR) is 140 cm³/mol. The van der Waals surface area contributed by atoms with E-state index in [1.807, 2.05) is 32.0 Å². The van der Waals surface area contributed by atoms with E-state index in [0.29, 0.717) is 17.8 Å². The number of ether oxygens (including phenoxy) is 4. The minimum absolute atomic E-state index is 0.0302. The number of nitrogens with one attached hydrogen (secondary N) is 1. The first-order valence-electron chi connectivity index (χ1n) is 13.0. The standard InChI is InChI=1S/C27H35N3O10/c1-7-8-11-30-20-10-9-14(2)12-19(20)22(26(30)35)29-40-27-23(28-15(3)31)25(38-18(6)34)24(37-17(5)33)21(39-27)13-36-16(4)32/h9-10,12,21,23-25,27H,7-8,11,13H2,1-6H3,(H,28,31)/b29-22+/t21-,23-,24+,25-,27-/m0/s1. The fourth-order valence-electron chi connectivity index (χ4n) is 4.54. The van der Waals surface area contributed by atoms with Crippen LogP contribution in [0.15, 0.2) is 23.4 Å². The van der Waals surface area contributed by atoms with E-state index in [1.165, 1.54) is 13.8 Å². The molecule has 0 spiro atoms. The van der Waals surface area contributed by atoms with Crippen LogP contribution in [0.5, 0.6) is 0 Å². The maximum absolute atomic E-state index is 13.4. The molecule has 1 N–H and O–H groups in total. The second-order valence-corrected chi connectivity index (χ2v) is 9.60. The molecule has 0 radical (unpaired) electrons. The molecule has 0 aromatic heterocycles. The van der Waals surface area contributed by atoms with E-state index in [0.717, 1.165) is 32.3 Å². The third-order valence-electron chi connectivity index (χ3n) is 6.20. The topological polar surface area (TPSA) is 159 Å². The maximum atomic E-state index is 13.4. The molecule has 13 nitrogen and oxygen atoms in total. The largest absolute Gasteiger partial charge is 0.463 e. The quantitative estimate of drug-likeness (QED) is 0.252. The highest BCUT2D eigenvalue weighted by Crippen LogP contribution is 2.32. The van der Waals surface area contributed by atoms with Gasteiger partial charge in [0.1, 0.15) is 18.8 Å². The molecule has 2 aliphatic rings. The number of anilines is 1. The Kier molecular flexibility index (Phi) is 10.2. The molecule has 2 heterocycles. The predicted octanol–water partition coefficient (Wildman–Crippen LogP) is 1.52. The van der Waals surface area contributed by atoms with Crippen LogP contribution < -0.4 is 10.2 Å². The first-order valence-corrected chi connectivity index (χ1v) is 13.0. The molecule has 0 aliphatic carbocycles. The fraction of sp³-hybridized carbons (Fsp3) is 0.556. The van der Waals surface area contributed by atoms with Gasteiger partial charge in [0.2, 0.25) is 5.91 Å². The average Bonchev–Trinajstić information content (AvgIpc) is 3.11. The van der Waals surface area contributed by atoms with E-state index in [9.17, 15) is 24.0 Å². The Bertz CT molecular complexity index is 1180. The van der Waals surface area contributed by atoms with Crippen LogP contribution in [0.3, 0.4) is 0 Å². The Hall–Kier alpha value is -4.00. The van der Waals surface area contributed by atoms with Crippen LogP contribution in [0.4, 0.5) is 5.69 Å².